The van der Waals surface area contributed by atoms with Crippen LogP contribution in [-0.4, -0.2) is 16.2 Å². The van der Waals surface area contributed by atoms with E-state index < -0.39 is 0 Å². The summed E-state index contributed by atoms with van der Waals surface area (Å²) >= 11 is 5.96. The molecule has 0 radical (unpaired) electrons. The first-order valence-electron chi connectivity index (χ1n) is 4.00. The Morgan fingerprint density at radius 2 is 2.00 bits per heavy atom. The van der Waals surface area contributed by atoms with E-state index in [1.807, 2.05) is 12.1 Å². The number of halogens is 2. The van der Waals surface area contributed by atoms with Crippen LogP contribution in [0.5, 0.6) is 0 Å². The van der Waals surface area contributed by atoms with Crippen LogP contribution >= 0.6 is 24.0 Å². The summed E-state index contributed by atoms with van der Waals surface area (Å²) in [6, 6.07) is 4.22. The maximum Gasteiger partial charge on any atom is 0.131 e. The fourth-order valence-electron chi connectivity index (χ4n) is 0.928. The second-order valence-corrected chi connectivity index (χ2v) is 3.24. The van der Waals surface area contributed by atoms with Crippen LogP contribution < -0.4 is 0 Å². The maximum atomic E-state index is 5.96. The van der Waals surface area contributed by atoms with Crippen LogP contribution in [0.2, 0.25) is 0 Å². The molecule has 1 saturated carbocycles. The molecule has 0 spiro atoms. The van der Waals surface area contributed by atoms with Gasteiger partial charge in [0.25, 0.3) is 0 Å². The maximum absolute atomic E-state index is 5.96. The number of hydrogen-bond acceptors (Lipinski definition) is 2. The number of hydrogen-bond donors (Lipinski definition) is 0. The van der Waals surface area contributed by atoms with Crippen LogP contribution in [0.4, 0.5) is 0 Å². The molecule has 1 aromatic heterocycles. The van der Waals surface area contributed by atoms with Crippen molar-refractivity contribution in [2.24, 2.45) is 4.99 Å². The van der Waals surface area contributed by atoms with E-state index >= 15 is 0 Å². The molecule has 13 heavy (non-hydrogen) atoms. The van der Waals surface area contributed by atoms with Gasteiger partial charge in [-0.25, -0.2) is 0 Å². The molecule has 0 N–H and O–H groups in total. The molecule has 0 amide bonds. The van der Waals surface area contributed by atoms with E-state index in [4.69, 9.17) is 11.6 Å². The highest BCUT2D eigenvalue weighted by Gasteiger charge is 2.20. The van der Waals surface area contributed by atoms with Crippen molar-refractivity contribution >= 4 is 29.2 Å². The minimum absolute atomic E-state index is 0. The van der Waals surface area contributed by atoms with Crippen LogP contribution in [0.3, 0.4) is 0 Å². The summed E-state index contributed by atoms with van der Waals surface area (Å²) in [5.74, 6) is 0. The molecule has 1 fully saturated rings. The summed E-state index contributed by atoms with van der Waals surface area (Å²) < 4.78 is 0. The fraction of sp³-hybridized carbons (Fsp3) is 0.333. The molecule has 2 nitrogen and oxygen atoms in total. The van der Waals surface area contributed by atoms with E-state index in [1.165, 1.54) is 12.8 Å². The largest absolute Gasteiger partial charge is 0.269 e. The van der Waals surface area contributed by atoms with Crippen molar-refractivity contribution in [2.75, 3.05) is 0 Å². The van der Waals surface area contributed by atoms with Gasteiger partial charge in [0.1, 0.15) is 5.17 Å². The minimum atomic E-state index is 0. The Kier molecular flexibility index (Phi) is 3.70. The molecule has 0 atom stereocenters. The molecule has 0 aromatic carbocycles. The SMILES string of the molecule is Cl.ClC(=NC1CC1)c1ccncc1. The van der Waals surface area contributed by atoms with E-state index in [0.29, 0.717) is 11.2 Å². The van der Waals surface area contributed by atoms with Gasteiger partial charge in [0.05, 0.1) is 6.04 Å². The van der Waals surface area contributed by atoms with Crippen molar-refractivity contribution in [1.82, 2.24) is 4.98 Å². The molecule has 0 unspecified atom stereocenters. The fourth-order valence-corrected chi connectivity index (χ4v) is 1.19. The van der Waals surface area contributed by atoms with Crippen LogP contribution in [0.25, 0.3) is 0 Å². The van der Waals surface area contributed by atoms with E-state index in [2.05, 4.69) is 9.98 Å². The zero-order chi connectivity index (χ0) is 8.39. The summed E-state index contributed by atoms with van der Waals surface area (Å²) in [5, 5.41) is 0.611. The van der Waals surface area contributed by atoms with E-state index in [0.717, 1.165) is 5.56 Å². The number of aromatic nitrogens is 1. The predicted octanol–water partition coefficient (Wildman–Crippen LogP) is 2.65. The molecule has 1 aliphatic carbocycles. The van der Waals surface area contributed by atoms with Crippen LogP contribution in [0.1, 0.15) is 18.4 Å². The third-order valence-corrected chi connectivity index (χ3v) is 2.08. The van der Waals surface area contributed by atoms with Gasteiger partial charge in [0.15, 0.2) is 0 Å². The Hall–Kier alpha value is -0.600. The van der Waals surface area contributed by atoms with Gasteiger partial charge in [-0.15, -0.1) is 12.4 Å². The topological polar surface area (TPSA) is 25.2 Å². The van der Waals surface area contributed by atoms with Gasteiger partial charge in [-0.05, 0) is 25.0 Å². The van der Waals surface area contributed by atoms with E-state index in [-0.39, 0.29) is 12.4 Å². The molecule has 1 aliphatic rings. The predicted molar refractivity (Wildman–Crippen MR) is 56.9 cm³/mol. The quantitative estimate of drug-likeness (QED) is 0.699. The number of nitrogens with zero attached hydrogens (tertiary/aromatic N) is 2. The molecular formula is C9H10Cl2N2. The zero-order valence-corrected chi connectivity index (χ0v) is 8.55. The average Bonchev–Trinajstić information content (AvgIpc) is 2.90. The molecular weight excluding hydrogens is 207 g/mol. The lowest BCUT2D eigenvalue weighted by molar-refractivity contribution is 1.07. The first-order chi connectivity index (χ1) is 5.86. The summed E-state index contributed by atoms with van der Waals surface area (Å²) in [6.07, 6.45) is 5.81. The third-order valence-electron chi connectivity index (χ3n) is 1.76. The Balaban J connectivity index is 0.000000845. The first kappa shape index (κ1) is 10.5. The Morgan fingerprint density at radius 1 is 1.38 bits per heavy atom. The van der Waals surface area contributed by atoms with E-state index in [9.17, 15) is 0 Å². The second kappa shape index (κ2) is 4.58. The second-order valence-electron chi connectivity index (χ2n) is 2.89. The van der Waals surface area contributed by atoms with Gasteiger partial charge in [0, 0.05) is 18.0 Å². The van der Waals surface area contributed by atoms with Crippen molar-refractivity contribution in [1.29, 1.82) is 0 Å². The summed E-state index contributed by atoms with van der Waals surface area (Å²) in [6.45, 7) is 0. The Labute approximate surface area is 88.5 Å². The monoisotopic (exact) mass is 216 g/mol. The summed E-state index contributed by atoms with van der Waals surface area (Å²) in [4.78, 5) is 8.22. The van der Waals surface area contributed by atoms with Crippen molar-refractivity contribution < 1.29 is 0 Å². The Morgan fingerprint density at radius 3 is 2.54 bits per heavy atom. The molecule has 0 aliphatic heterocycles. The van der Waals surface area contributed by atoms with Gasteiger partial charge < -0.3 is 0 Å². The number of aliphatic imine (C=N–C) groups is 1. The third kappa shape index (κ3) is 2.98. The molecule has 70 valence electrons. The lowest BCUT2D eigenvalue weighted by Gasteiger charge is -1.95. The smallest absolute Gasteiger partial charge is 0.131 e. The van der Waals surface area contributed by atoms with Crippen molar-refractivity contribution in [3.05, 3.63) is 30.1 Å². The standard InChI is InChI=1S/C9H9ClN2.ClH/c10-9(12-8-1-2-8)7-3-5-11-6-4-7;/h3-6,8H,1-2H2;1H. The normalized spacial score (nSPS) is 16.5. The van der Waals surface area contributed by atoms with Crippen LogP contribution in [-0.2, 0) is 0 Å². The van der Waals surface area contributed by atoms with Gasteiger partial charge in [-0.3, -0.25) is 9.98 Å². The van der Waals surface area contributed by atoms with Crippen molar-refractivity contribution in [3.63, 3.8) is 0 Å². The summed E-state index contributed by atoms with van der Waals surface area (Å²) in [5.41, 5.74) is 0.957. The lowest BCUT2D eigenvalue weighted by Crippen LogP contribution is -1.92. The number of rotatable bonds is 2. The molecule has 1 aromatic rings. The highest BCUT2D eigenvalue weighted by Crippen LogP contribution is 2.24. The minimum Gasteiger partial charge on any atom is -0.269 e. The van der Waals surface area contributed by atoms with Crippen LogP contribution in [0.15, 0.2) is 29.5 Å². The number of pyridine rings is 1. The van der Waals surface area contributed by atoms with E-state index in [1.54, 1.807) is 12.4 Å². The molecule has 0 bridgehead atoms. The molecule has 2 rings (SSSR count). The molecule has 4 heteroatoms. The highest BCUT2D eigenvalue weighted by atomic mass is 35.5. The van der Waals surface area contributed by atoms with Crippen LogP contribution in [0, 0.1) is 0 Å². The van der Waals surface area contributed by atoms with Gasteiger partial charge in [0.2, 0.25) is 0 Å². The molecule has 1 heterocycles. The molecule has 0 saturated heterocycles. The highest BCUT2D eigenvalue weighted by molar-refractivity contribution is 6.69. The van der Waals surface area contributed by atoms with Crippen molar-refractivity contribution in [3.8, 4) is 0 Å². The van der Waals surface area contributed by atoms with Gasteiger partial charge >= 0.3 is 0 Å². The Bertz CT molecular complexity index is 294. The first-order valence-corrected chi connectivity index (χ1v) is 4.38. The average molecular weight is 217 g/mol. The van der Waals surface area contributed by atoms with Gasteiger partial charge in [-0.2, -0.15) is 0 Å². The zero-order valence-electron chi connectivity index (χ0n) is 6.98. The van der Waals surface area contributed by atoms with Gasteiger partial charge in [-0.1, -0.05) is 11.6 Å². The van der Waals surface area contributed by atoms with Crippen molar-refractivity contribution in [2.45, 2.75) is 18.9 Å². The summed E-state index contributed by atoms with van der Waals surface area (Å²) in [7, 11) is 0. The lowest BCUT2D eigenvalue weighted by atomic mass is 10.3.